The average Bonchev–Trinajstić information content (AvgIpc) is 3.96. The lowest BCUT2D eigenvalue weighted by atomic mass is 10.0. The van der Waals surface area contributed by atoms with Crippen molar-refractivity contribution in [1.29, 1.82) is 0 Å². The van der Waals surface area contributed by atoms with Crippen LogP contribution in [0.5, 0.6) is 0 Å². The number of hydrogen-bond acceptors (Lipinski definition) is 17. The summed E-state index contributed by atoms with van der Waals surface area (Å²) >= 11 is 0. The van der Waals surface area contributed by atoms with Gasteiger partial charge in [-0.2, -0.15) is 0 Å². The van der Waals surface area contributed by atoms with Crippen molar-refractivity contribution in [3.05, 3.63) is 84.7 Å². The van der Waals surface area contributed by atoms with E-state index in [2.05, 4.69) is 89.8 Å². The standard InChI is InChI=1S/C26H31N7O3.C21H23N7O.ClH.HI/c1-16(2)22-21-19(36-31-22)8-6-17-14-28-24(30-23(17)21)29-20-9-7-18(15-27-20)32-10-12-33(13-11-32)25(34)35-26(3,4)5;1-13(2)19-18-16(29-27-19)5-3-14-11-24-21(26-20(14)18)25-17-6-4-15(12-23-17)28-9-7-22-8-10-28;;/h6-9,14-16H,10-13H2,1-5H3,(H,27,28,29,30);3-6,11-13,22H,7-10H2,1-2H3,(H,23,24,25,26);2*1H/p-1. The van der Waals surface area contributed by atoms with Gasteiger partial charge in [0.05, 0.1) is 57.0 Å². The lowest BCUT2D eigenvalue weighted by Crippen LogP contribution is -3.00. The zero-order valence-corrected chi connectivity index (χ0v) is 41.6. The molecule has 0 unspecified atom stereocenters. The summed E-state index contributed by atoms with van der Waals surface area (Å²) in [5, 5.41) is 22.0. The van der Waals surface area contributed by atoms with Crippen LogP contribution in [0.1, 0.15) is 71.7 Å². The number of rotatable bonds is 8. The van der Waals surface area contributed by atoms with Crippen molar-refractivity contribution in [2.75, 3.05) is 72.8 Å². The Kier molecular flexibility index (Phi) is 15.1. The molecule has 67 heavy (non-hydrogen) atoms. The molecule has 2 saturated heterocycles. The minimum atomic E-state index is -0.492. The van der Waals surface area contributed by atoms with Crippen LogP contribution in [0, 0.1) is 0 Å². The Bertz CT molecular complexity index is 2950. The molecule has 0 bridgehead atoms. The Morgan fingerprint density at radius 3 is 1.52 bits per heavy atom. The maximum absolute atomic E-state index is 12.3. The van der Waals surface area contributed by atoms with Gasteiger partial charge in [0.1, 0.15) is 17.2 Å². The van der Waals surface area contributed by atoms with Crippen molar-refractivity contribution >= 4 is 97.2 Å². The molecule has 1 amide bonds. The molecule has 10 rings (SSSR count). The number of nitrogens with one attached hydrogen (secondary N) is 3. The predicted molar refractivity (Wildman–Crippen MR) is 260 cm³/mol. The van der Waals surface area contributed by atoms with Crippen molar-refractivity contribution < 1.29 is 42.6 Å². The molecular formula is C47H55ClIN14O4-. The number of halogens is 2. The van der Waals surface area contributed by atoms with Crippen molar-refractivity contribution in [2.45, 2.75) is 65.9 Å². The third kappa shape index (κ3) is 11.0. The average molecular weight is 1040 g/mol. The van der Waals surface area contributed by atoms with Gasteiger partial charge in [0.25, 0.3) is 0 Å². The summed E-state index contributed by atoms with van der Waals surface area (Å²) in [4.78, 5) is 46.1. The number of nitrogens with zero attached hydrogens (tertiary/aromatic N) is 11. The smallest absolute Gasteiger partial charge is 0.410 e. The summed E-state index contributed by atoms with van der Waals surface area (Å²) in [7, 11) is 0. The molecule has 2 aliphatic rings. The number of anilines is 6. The van der Waals surface area contributed by atoms with Crippen LogP contribution in [-0.4, -0.2) is 109 Å². The van der Waals surface area contributed by atoms with E-state index in [1.54, 1.807) is 11.1 Å². The van der Waals surface area contributed by atoms with Crippen molar-refractivity contribution in [3.63, 3.8) is 0 Å². The minimum Gasteiger partial charge on any atom is -1.00 e. The first-order valence-corrected chi connectivity index (χ1v) is 22.1. The lowest BCUT2D eigenvalue weighted by molar-refractivity contribution is -0.0000574. The zero-order valence-electron chi connectivity index (χ0n) is 38.6. The summed E-state index contributed by atoms with van der Waals surface area (Å²) in [6, 6.07) is 15.7. The molecule has 8 aromatic rings. The number of hydrogen-bond donors (Lipinski definition) is 3. The molecule has 0 radical (unpaired) electrons. The van der Waals surface area contributed by atoms with E-state index in [1.807, 2.05) is 81.8 Å². The first-order chi connectivity index (χ1) is 31.4. The molecule has 352 valence electrons. The van der Waals surface area contributed by atoms with Crippen LogP contribution in [0.15, 0.2) is 82.4 Å². The third-order valence-electron chi connectivity index (χ3n) is 11.3. The summed E-state index contributed by atoms with van der Waals surface area (Å²) in [6.07, 6.45) is 7.06. The Morgan fingerprint density at radius 1 is 0.642 bits per heavy atom. The Morgan fingerprint density at radius 2 is 1.10 bits per heavy atom. The zero-order chi connectivity index (χ0) is 45.2. The number of carbonyl (C=O) groups is 1. The van der Waals surface area contributed by atoms with Crippen LogP contribution >= 0.6 is 12.4 Å². The molecule has 2 fully saturated rings. The van der Waals surface area contributed by atoms with E-state index in [0.717, 1.165) is 87.1 Å². The molecule has 18 nitrogen and oxygen atoms in total. The number of pyridine rings is 2. The lowest BCUT2D eigenvalue weighted by Gasteiger charge is -2.36. The highest BCUT2D eigenvalue weighted by molar-refractivity contribution is 6.05. The Labute approximate surface area is 411 Å². The van der Waals surface area contributed by atoms with E-state index in [-0.39, 0.29) is 54.3 Å². The van der Waals surface area contributed by atoms with Crippen LogP contribution in [0.3, 0.4) is 0 Å². The number of piperazine rings is 2. The van der Waals surface area contributed by atoms with Crippen molar-refractivity contribution in [1.82, 2.24) is 50.4 Å². The summed E-state index contributed by atoms with van der Waals surface area (Å²) in [6.45, 7) is 20.6. The maximum atomic E-state index is 12.3. The number of amides is 1. The fourth-order valence-corrected chi connectivity index (χ4v) is 7.92. The first-order valence-electron chi connectivity index (χ1n) is 22.1. The fourth-order valence-electron chi connectivity index (χ4n) is 7.92. The summed E-state index contributed by atoms with van der Waals surface area (Å²) in [5.74, 6) is 2.77. The molecule has 0 saturated carbocycles. The topological polar surface area (TPSA) is 202 Å². The molecule has 20 heteroatoms. The quantitative estimate of drug-likeness (QED) is 0.150. The van der Waals surface area contributed by atoms with Gasteiger partial charge in [-0.25, -0.2) is 34.7 Å². The molecule has 3 N–H and O–H groups in total. The molecule has 2 aromatic carbocycles. The second-order valence-electron chi connectivity index (χ2n) is 17.8. The van der Waals surface area contributed by atoms with Gasteiger partial charge < -0.3 is 68.4 Å². The van der Waals surface area contributed by atoms with Crippen LogP contribution < -0.4 is 49.7 Å². The Balaban J connectivity index is 0.000000197. The minimum absolute atomic E-state index is 0. The maximum Gasteiger partial charge on any atom is 0.410 e. The van der Waals surface area contributed by atoms with E-state index in [0.29, 0.717) is 55.3 Å². The summed E-state index contributed by atoms with van der Waals surface area (Å²) in [5.41, 5.74) is 6.52. The van der Waals surface area contributed by atoms with E-state index >= 15 is 0 Å². The van der Waals surface area contributed by atoms with Gasteiger partial charge in [-0.15, -0.1) is 12.4 Å². The van der Waals surface area contributed by atoms with Crippen LogP contribution in [-0.2, 0) is 4.74 Å². The highest BCUT2D eigenvalue weighted by atomic mass is 127. The van der Waals surface area contributed by atoms with Crippen molar-refractivity contribution in [2.24, 2.45) is 0 Å². The van der Waals surface area contributed by atoms with Crippen LogP contribution in [0.2, 0.25) is 0 Å². The number of aromatic nitrogens is 8. The van der Waals surface area contributed by atoms with Gasteiger partial charge >= 0.3 is 6.09 Å². The van der Waals surface area contributed by atoms with Crippen LogP contribution in [0.25, 0.3) is 43.7 Å². The molecule has 6 aromatic heterocycles. The molecule has 8 heterocycles. The Hall–Kier alpha value is -6.19. The highest BCUT2D eigenvalue weighted by Crippen LogP contribution is 2.33. The van der Waals surface area contributed by atoms with Gasteiger partial charge in [-0.05, 0) is 81.1 Å². The van der Waals surface area contributed by atoms with Gasteiger partial charge in [0, 0.05) is 75.5 Å². The van der Waals surface area contributed by atoms with E-state index in [9.17, 15) is 4.79 Å². The SMILES string of the molecule is CC(C)c1noc2ccc3cnc(Nc4ccc(N5CCN(C(=O)OC(C)(C)C)CC5)cn4)nc3c12.CC(C)c1noc2ccc3cnc(Nc4ccc(N5CCNCC5)cn4)nc3c12.Cl.[I-]. The van der Waals surface area contributed by atoms with E-state index in [1.165, 1.54) is 0 Å². The van der Waals surface area contributed by atoms with E-state index in [4.69, 9.17) is 23.8 Å². The van der Waals surface area contributed by atoms with Gasteiger partial charge in [-0.1, -0.05) is 38.0 Å². The van der Waals surface area contributed by atoms with Crippen molar-refractivity contribution in [3.8, 4) is 0 Å². The molecule has 0 aliphatic carbocycles. The number of fused-ring (bicyclic) bond motifs is 6. The van der Waals surface area contributed by atoms with Crippen LogP contribution in [0.4, 0.5) is 39.7 Å². The second-order valence-corrected chi connectivity index (χ2v) is 17.8. The molecular weight excluding hydrogens is 987 g/mol. The third-order valence-corrected chi connectivity index (χ3v) is 11.3. The second kappa shape index (κ2) is 20.8. The number of benzene rings is 2. The van der Waals surface area contributed by atoms with Gasteiger partial charge in [-0.3, -0.25) is 0 Å². The summed E-state index contributed by atoms with van der Waals surface area (Å²) < 4.78 is 16.5. The largest absolute Gasteiger partial charge is 1.00 e. The van der Waals surface area contributed by atoms with Gasteiger partial charge in [0.2, 0.25) is 11.9 Å². The van der Waals surface area contributed by atoms with E-state index < -0.39 is 5.60 Å². The number of carbonyl (C=O) groups excluding carboxylic acids is 1. The normalized spacial score (nSPS) is 14.3. The molecule has 0 spiro atoms. The fraction of sp³-hybridized carbons (Fsp3) is 0.383. The monoisotopic (exact) mass is 1040 g/mol. The highest BCUT2D eigenvalue weighted by Gasteiger charge is 2.26. The number of ether oxygens (including phenoxy) is 1. The predicted octanol–water partition coefficient (Wildman–Crippen LogP) is 5.96. The molecule has 2 aliphatic heterocycles. The van der Waals surface area contributed by atoms with Gasteiger partial charge in [0.15, 0.2) is 11.2 Å². The molecule has 0 atom stereocenters. The first kappa shape index (κ1) is 48.7.